The van der Waals surface area contributed by atoms with Crippen molar-refractivity contribution in [3.8, 4) is 5.75 Å². The van der Waals surface area contributed by atoms with Crippen LogP contribution in [0.25, 0.3) is 0 Å². The Bertz CT molecular complexity index is 739. The highest BCUT2D eigenvalue weighted by atomic mass is 16.6. The van der Waals surface area contributed by atoms with E-state index in [2.05, 4.69) is 16.0 Å². The molecule has 7 nitrogen and oxygen atoms in total. The first kappa shape index (κ1) is 19.7. The van der Waals surface area contributed by atoms with Crippen molar-refractivity contribution in [2.45, 2.75) is 44.9 Å². The number of hydrogen-bond acceptors (Lipinski definition) is 5. The molecular formula is C22H29N3O4. The van der Waals surface area contributed by atoms with E-state index in [9.17, 15) is 9.59 Å². The van der Waals surface area contributed by atoms with Crippen LogP contribution in [0.15, 0.2) is 29.4 Å². The summed E-state index contributed by atoms with van der Waals surface area (Å²) in [6, 6.07) is 7.29. The maximum Gasteiger partial charge on any atom is 0.279 e. The van der Waals surface area contributed by atoms with Crippen molar-refractivity contribution in [1.82, 2.24) is 10.9 Å². The third-order valence-corrected chi connectivity index (χ3v) is 6.63. The van der Waals surface area contributed by atoms with Gasteiger partial charge in [-0.1, -0.05) is 5.16 Å². The van der Waals surface area contributed by atoms with Crippen LogP contribution in [-0.4, -0.2) is 31.7 Å². The highest BCUT2D eigenvalue weighted by Crippen LogP contribution is 2.61. The minimum atomic E-state index is -0.434. The average Bonchev–Trinajstić information content (AvgIpc) is 2.69. The Labute approximate surface area is 171 Å². The van der Waals surface area contributed by atoms with Crippen molar-refractivity contribution in [1.29, 1.82) is 0 Å². The summed E-state index contributed by atoms with van der Waals surface area (Å²) in [4.78, 5) is 29.3. The number of rotatable bonds is 7. The smallest absolute Gasteiger partial charge is 0.279 e. The predicted molar refractivity (Wildman–Crippen MR) is 108 cm³/mol. The van der Waals surface area contributed by atoms with Gasteiger partial charge in [0, 0.05) is 6.42 Å². The lowest BCUT2D eigenvalue weighted by molar-refractivity contribution is -0.135. The van der Waals surface area contributed by atoms with E-state index in [-0.39, 0.29) is 17.9 Å². The van der Waals surface area contributed by atoms with E-state index in [1.807, 2.05) is 24.3 Å². The molecule has 1 aromatic carbocycles. The van der Waals surface area contributed by atoms with E-state index in [1.165, 1.54) is 44.7 Å². The summed E-state index contributed by atoms with van der Waals surface area (Å²) in [5.41, 5.74) is 5.95. The van der Waals surface area contributed by atoms with Crippen LogP contribution in [0.4, 0.5) is 0 Å². The van der Waals surface area contributed by atoms with Crippen molar-refractivity contribution >= 4 is 18.0 Å². The lowest BCUT2D eigenvalue weighted by Gasteiger charge is -2.56. The van der Waals surface area contributed by atoms with Gasteiger partial charge in [-0.2, -0.15) is 0 Å². The number of carbonyl (C=O) groups is 2. The summed E-state index contributed by atoms with van der Waals surface area (Å²) in [6.45, 7) is -0.260. The van der Waals surface area contributed by atoms with Gasteiger partial charge < -0.3 is 9.57 Å². The molecule has 0 aromatic heterocycles. The van der Waals surface area contributed by atoms with Crippen LogP contribution < -0.4 is 15.6 Å². The van der Waals surface area contributed by atoms with Crippen LogP contribution in [-0.2, 0) is 14.4 Å². The van der Waals surface area contributed by atoms with E-state index < -0.39 is 5.91 Å². The van der Waals surface area contributed by atoms with Gasteiger partial charge >= 0.3 is 0 Å². The first-order chi connectivity index (χ1) is 14.0. The van der Waals surface area contributed by atoms with E-state index in [0.717, 1.165) is 29.1 Å². The summed E-state index contributed by atoms with van der Waals surface area (Å²) in [5, 5.41) is 3.77. The van der Waals surface area contributed by atoms with Crippen molar-refractivity contribution in [2.75, 3.05) is 13.7 Å². The van der Waals surface area contributed by atoms with Gasteiger partial charge in [-0.05, 0) is 91.5 Å². The van der Waals surface area contributed by atoms with Gasteiger partial charge in [0.2, 0.25) is 5.91 Å². The molecule has 0 radical (unpaired) electrons. The Morgan fingerprint density at radius 3 is 2.21 bits per heavy atom. The highest BCUT2D eigenvalue weighted by Gasteiger charge is 2.51. The molecule has 4 bridgehead atoms. The number of carbonyl (C=O) groups excluding carboxylic acids is 2. The number of ether oxygens (including phenoxy) is 1. The standard InChI is InChI=1S/C22H29N3O4/c1-28-19-4-2-15(3-5-19)13-23-29-14-21(27)25-24-20(26)12-22-9-16-6-17(10-22)8-18(7-16)11-22/h2-5,13,16-18H,6-12,14H2,1H3,(H,24,26)(H,25,27)/b23-13-. The van der Waals surface area contributed by atoms with Gasteiger partial charge in [0.15, 0.2) is 6.61 Å². The summed E-state index contributed by atoms with van der Waals surface area (Å²) in [6.07, 6.45) is 9.59. The maximum atomic E-state index is 12.4. The summed E-state index contributed by atoms with van der Waals surface area (Å²) in [7, 11) is 1.60. The number of oxime groups is 1. The van der Waals surface area contributed by atoms with Crippen molar-refractivity contribution in [3.63, 3.8) is 0 Å². The topological polar surface area (TPSA) is 89.0 Å². The summed E-state index contributed by atoms with van der Waals surface area (Å²) < 4.78 is 5.09. The Morgan fingerprint density at radius 2 is 1.62 bits per heavy atom. The van der Waals surface area contributed by atoms with Gasteiger partial charge in [-0.25, -0.2) is 0 Å². The predicted octanol–water partition coefficient (Wildman–Crippen LogP) is 2.80. The molecule has 5 rings (SSSR count). The molecule has 4 fully saturated rings. The van der Waals surface area contributed by atoms with Crippen LogP contribution in [0.3, 0.4) is 0 Å². The SMILES string of the molecule is COc1ccc(/C=N\OCC(=O)NNC(=O)CC23CC4CC(CC(C4)C2)C3)cc1. The fourth-order valence-corrected chi connectivity index (χ4v) is 5.95. The molecule has 2 amide bonds. The third-order valence-electron chi connectivity index (χ3n) is 6.63. The lowest BCUT2D eigenvalue weighted by atomic mass is 9.49. The normalized spacial score (nSPS) is 29.6. The molecule has 0 spiro atoms. The molecule has 4 aliphatic carbocycles. The number of nitrogens with zero attached hydrogens (tertiary/aromatic N) is 1. The molecule has 0 aliphatic heterocycles. The molecular weight excluding hydrogens is 370 g/mol. The maximum absolute atomic E-state index is 12.4. The molecule has 0 unspecified atom stereocenters. The van der Waals surface area contributed by atoms with Crippen LogP contribution in [0.2, 0.25) is 0 Å². The molecule has 29 heavy (non-hydrogen) atoms. The fourth-order valence-electron chi connectivity index (χ4n) is 5.95. The van der Waals surface area contributed by atoms with E-state index in [1.54, 1.807) is 7.11 Å². The zero-order chi connectivity index (χ0) is 20.3. The summed E-state index contributed by atoms with van der Waals surface area (Å²) in [5.74, 6) is 2.63. The molecule has 2 N–H and O–H groups in total. The highest BCUT2D eigenvalue weighted by molar-refractivity contribution is 5.83. The molecule has 0 atom stereocenters. The van der Waals surface area contributed by atoms with Crippen molar-refractivity contribution in [2.24, 2.45) is 28.3 Å². The Balaban J connectivity index is 1.16. The molecule has 4 saturated carbocycles. The van der Waals surface area contributed by atoms with Gasteiger partial charge in [0.05, 0.1) is 13.3 Å². The number of hydrogen-bond donors (Lipinski definition) is 2. The first-order valence-corrected chi connectivity index (χ1v) is 10.4. The van der Waals surface area contributed by atoms with E-state index in [0.29, 0.717) is 6.42 Å². The van der Waals surface area contributed by atoms with E-state index in [4.69, 9.17) is 9.57 Å². The Kier molecular flexibility index (Phi) is 5.74. The largest absolute Gasteiger partial charge is 0.497 e. The summed E-state index contributed by atoms with van der Waals surface area (Å²) >= 11 is 0. The molecule has 1 aromatic rings. The van der Waals surface area contributed by atoms with Crippen LogP contribution in [0.1, 0.15) is 50.5 Å². The molecule has 156 valence electrons. The molecule has 0 heterocycles. The van der Waals surface area contributed by atoms with Crippen LogP contribution in [0, 0.1) is 23.2 Å². The average molecular weight is 399 g/mol. The second kappa shape index (κ2) is 8.43. The zero-order valence-electron chi connectivity index (χ0n) is 16.9. The second-order valence-corrected chi connectivity index (χ2v) is 8.97. The number of hydrazine groups is 1. The number of methoxy groups -OCH3 is 1. The lowest BCUT2D eigenvalue weighted by Crippen LogP contribution is -2.50. The molecule has 7 heteroatoms. The van der Waals surface area contributed by atoms with Crippen molar-refractivity contribution < 1.29 is 19.2 Å². The number of nitrogens with one attached hydrogen (secondary N) is 2. The molecule has 0 saturated heterocycles. The Morgan fingerprint density at radius 1 is 1.03 bits per heavy atom. The zero-order valence-corrected chi connectivity index (χ0v) is 16.9. The van der Waals surface area contributed by atoms with Crippen LogP contribution in [0.5, 0.6) is 5.75 Å². The Hall–Kier alpha value is -2.57. The van der Waals surface area contributed by atoms with Gasteiger partial charge in [0.25, 0.3) is 5.91 Å². The van der Waals surface area contributed by atoms with Gasteiger partial charge in [0.1, 0.15) is 5.75 Å². The second-order valence-electron chi connectivity index (χ2n) is 8.97. The minimum absolute atomic E-state index is 0.109. The van der Waals surface area contributed by atoms with Gasteiger partial charge in [-0.15, -0.1) is 0 Å². The minimum Gasteiger partial charge on any atom is -0.497 e. The number of amides is 2. The first-order valence-electron chi connectivity index (χ1n) is 10.4. The van der Waals surface area contributed by atoms with Crippen LogP contribution >= 0.6 is 0 Å². The third kappa shape index (κ3) is 4.89. The number of benzene rings is 1. The fraction of sp³-hybridized carbons (Fsp3) is 0.591. The molecule has 4 aliphatic rings. The van der Waals surface area contributed by atoms with Gasteiger partial charge in [-0.3, -0.25) is 20.4 Å². The van der Waals surface area contributed by atoms with Crippen molar-refractivity contribution in [3.05, 3.63) is 29.8 Å². The quantitative estimate of drug-likeness (QED) is 0.545. The van der Waals surface area contributed by atoms with E-state index >= 15 is 0 Å². The monoisotopic (exact) mass is 399 g/mol.